The van der Waals surface area contributed by atoms with Crippen LogP contribution in [0.15, 0.2) is 47.8 Å². The quantitative estimate of drug-likeness (QED) is 0.558. The van der Waals surface area contributed by atoms with Gasteiger partial charge in [0.05, 0.1) is 19.9 Å². The first kappa shape index (κ1) is 20.2. The molecule has 2 aromatic carbocycles. The van der Waals surface area contributed by atoms with E-state index >= 15 is 0 Å². The van der Waals surface area contributed by atoms with E-state index in [0.29, 0.717) is 28.0 Å². The minimum atomic E-state index is -0.439. The van der Waals surface area contributed by atoms with E-state index in [0.717, 1.165) is 16.9 Å². The van der Waals surface area contributed by atoms with E-state index in [-0.39, 0.29) is 5.69 Å². The van der Waals surface area contributed by atoms with Crippen molar-refractivity contribution in [2.75, 3.05) is 30.2 Å². The van der Waals surface area contributed by atoms with Gasteiger partial charge in [0.15, 0.2) is 5.13 Å². The van der Waals surface area contributed by atoms with E-state index in [1.165, 1.54) is 14.2 Å². The summed E-state index contributed by atoms with van der Waals surface area (Å²) in [6.07, 6.45) is 0. The Hall–Kier alpha value is -3.59. The number of urea groups is 1. The maximum atomic E-state index is 12.5. The molecule has 3 amide bonds. The van der Waals surface area contributed by atoms with Gasteiger partial charge in [0, 0.05) is 17.1 Å². The van der Waals surface area contributed by atoms with Gasteiger partial charge in [-0.1, -0.05) is 12.1 Å². The fourth-order valence-corrected chi connectivity index (χ4v) is 3.20. The van der Waals surface area contributed by atoms with Crippen LogP contribution in [0, 0.1) is 6.92 Å². The van der Waals surface area contributed by atoms with Gasteiger partial charge in [0.2, 0.25) is 0 Å². The first-order valence-electron chi connectivity index (χ1n) is 8.62. The van der Waals surface area contributed by atoms with Crippen molar-refractivity contribution in [3.63, 3.8) is 0 Å². The molecule has 0 spiro atoms. The van der Waals surface area contributed by atoms with Gasteiger partial charge in [-0.15, -0.1) is 11.3 Å². The number of carbonyl (C=O) groups excluding carboxylic acids is 2. The van der Waals surface area contributed by atoms with E-state index in [4.69, 9.17) is 9.47 Å². The molecule has 0 radical (unpaired) electrons. The second kappa shape index (κ2) is 9.07. The average molecular weight is 412 g/mol. The summed E-state index contributed by atoms with van der Waals surface area (Å²) in [6.45, 7) is 1.94. The second-order valence-electron chi connectivity index (χ2n) is 6.01. The van der Waals surface area contributed by atoms with Crippen LogP contribution in [-0.4, -0.2) is 31.1 Å². The van der Waals surface area contributed by atoms with E-state index in [9.17, 15) is 9.59 Å². The molecule has 0 saturated heterocycles. The van der Waals surface area contributed by atoms with Crippen LogP contribution in [-0.2, 0) is 0 Å². The Morgan fingerprint density at radius 3 is 2.55 bits per heavy atom. The molecule has 0 saturated carbocycles. The summed E-state index contributed by atoms with van der Waals surface area (Å²) in [5, 5.41) is 9.95. The van der Waals surface area contributed by atoms with E-state index in [2.05, 4.69) is 20.9 Å². The van der Waals surface area contributed by atoms with Crippen molar-refractivity contribution < 1.29 is 19.1 Å². The first-order valence-corrected chi connectivity index (χ1v) is 9.50. The molecule has 9 heteroatoms. The SMILES string of the molecule is COc1ccc(OC)c(NC(=O)c2csc(NC(=O)Nc3cccc(C)c3)n2)c1. The fourth-order valence-electron chi connectivity index (χ4n) is 2.52. The zero-order valence-corrected chi connectivity index (χ0v) is 16.9. The number of anilines is 3. The minimum absolute atomic E-state index is 0.172. The maximum absolute atomic E-state index is 12.5. The number of aryl methyl sites for hydroxylation is 1. The predicted molar refractivity (Wildman–Crippen MR) is 113 cm³/mol. The fraction of sp³-hybridized carbons (Fsp3) is 0.150. The van der Waals surface area contributed by atoms with Crippen LogP contribution in [0.5, 0.6) is 11.5 Å². The van der Waals surface area contributed by atoms with Crippen LogP contribution < -0.4 is 25.4 Å². The number of hydrogen-bond acceptors (Lipinski definition) is 6. The highest BCUT2D eigenvalue weighted by Crippen LogP contribution is 2.29. The Balaban J connectivity index is 1.65. The van der Waals surface area contributed by atoms with Crippen molar-refractivity contribution in [2.45, 2.75) is 6.92 Å². The van der Waals surface area contributed by atoms with Crippen molar-refractivity contribution >= 4 is 39.8 Å². The van der Waals surface area contributed by atoms with Crippen molar-refractivity contribution in [3.8, 4) is 11.5 Å². The van der Waals surface area contributed by atoms with Crippen LogP contribution in [0.4, 0.5) is 21.3 Å². The van der Waals surface area contributed by atoms with Gasteiger partial charge >= 0.3 is 6.03 Å². The minimum Gasteiger partial charge on any atom is -0.497 e. The topological polar surface area (TPSA) is 102 Å². The monoisotopic (exact) mass is 412 g/mol. The third kappa shape index (κ3) is 5.23. The summed E-state index contributed by atoms with van der Waals surface area (Å²) in [5.41, 5.74) is 2.33. The van der Waals surface area contributed by atoms with Crippen LogP contribution in [0.25, 0.3) is 0 Å². The summed E-state index contributed by atoms with van der Waals surface area (Å²) >= 11 is 1.15. The van der Waals surface area contributed by atoms with Gasteiger partial charge in [0.25, 0.3) is 5.91 Å². The Bertz CT molecular complexity index is 1030. The van der Waals surface area contributed by atoms with E-state index in [1.54, 1.807) is 29.6 Å². The Morgan fingerprint density at radius 2 is 1.83 bits per heavy atom. The number of carbonyl (C=O) groups is 2. The van der Waals surface area contributed by atoms with Gasteiger partial charge in [-0.25, -0.2) is 9.78 Å². The smallest absolute Gasteiger partial charge is 0.325 e. The number of nitrogens with zero attached hydrogens (tertiary/aromatic N) is 1. The van der Waals surface area contributed by atoms with Gasteiger partial charge in [-0.3, -0.25) is 10.1 Å². The number of hydrogen-bond donors (Lipinski definition) is 3. The highest BCUT2D eigenvalue weighted by molar-refractivity contribution is 7.14. The summed E-state index contributed by atoms with van der Waals surface area (Å²) in [5.74, 6) is 0.639. The summed E-state index contributed by atoms with van der Waals surface area (Å²) in [4.78, 5) is 28.8. The molecule has 0 aliphatic carbocycles. The molecule has 3 rings (SSSR count). The van der Waals surface area contributed by atoms with Crippen LogP contribution in [0.2, 0.25) is 0 Å². The van der Waals surface area contributed by atoms with Crippen LogP contribution in [0.1, 0.15) is 16.1 Å². The Labute approximate surface area is 171 Å². The zero-order chi connectivity index (χ0) is 20.8. The van der Waals surface area contributed by atoms with Crippen LogP contribution in [0.3, 0.4) is 0 Å². The molecule has 29 heavy (non-hydrogen) atoms. The number of benzene rings is 2. The molecular weight excluding hydrogens is 392 g/mol. The molecule has 0 aliphatic rings. The molecule has 3 N–H and O–H groups in total. The lowest BCUT2D eigenvalue weighted by Gasteiger charge is -2.11. The molecular formula is C20H20N4O4S. The summed E-state index contributed by atoms with van der Waals surface area (Å²) < 4.78 is 10.4. The molecule has 1 heterocycles. The van der Waals surface area contributed by atoms with E-state index < -0.39 is 11.9 Å². The van der Waals surface area contributed by atoms with E-state index in [1.807, 2.05) is 25.1 Å². The molecule has 0 aliphatic heterocycles. The molecule has 0 atom stereocenters. The lowest BCUT2D eigenvalue weighted by atomic mass is 10.2. The van der Waals surface area contributed by atoms with Crippen molar-refractivity contribution in [1.29, 1.82) is 0 Å². The molecule has 1 aromatic heterocycles. The number of methoxy groups -OCH3 is 2. The van der Waals surface area contributed by atoms with Crippen molar-refractivity contribution in [1.82, 2.24) is 4.98 Å². The number of amides is 3. The normalized spacial score (nSPS) is 10.2. The molecule has 0 unspecified atom stereocenters. The summed E-state index contributed by atoms with van der Waals surface area (Å²) in [7, 11) is 3.04. The highest BCUT2D eigenvalue weighted by atomic mass is 32.1. The zero-order valence-electron chi connectivity index (χ0n) is 16.1. The van der Waals surface area contributed by atoms with Gasteiger partial charge in [-0.2, -0.15) is 0 Å². The van der Waals surface area contributed by atoms with Crippen molar-refractivity contribution in [3.05, 3.63) is 59.1 Å². The van der Waals surface area contributed by atoms with Gasteiger partial charge in [-0.05, 0) is 36.8 Å². The average Bonchev–Trinajstić information content (AvgIpc) is 3.16. The third-order valence-electron chi connectivity index (χ3n) is 3.89. The lowest BCUT2D eigenvalue weighted by molar-refractivity contribution is 0.102. The van der Waals surface area contributed by atoms with Crippen LogP contribution >= 0.6 is 11.3 Å². The third-order valence-corrected chi connectivity index (χ3v) is 4.65. The largest absolute Gasteiger partial charge is 0.497 e. The Morgan fingerprint density at radius 1 is 1.00 bits per heavy atom. The maximum Gasteiger partial charge on any atom is 0.325 e. The standard InChI is InChI=1S/C20H20N4O4S/c1-12-5-4-6-13(9-12)21-19(26)24-20-23-16(11-29-20)18(25)22-15-10-14(27-2)7-8-17(15)28-3/h4-11H,1-3H3,(H,22,25)(H2,21,23,24,26). The molecule has 3 aromatic rings. The summed E-state index contributed by atoms with van der Waals surface area (Å²) in [6, 6.07) is 12.1. The number of ether oxygens (including phenoxy) is 2. The lowest BCUT2D eigenvalue weighted by Crippen LogP contribution is -2.19. The molecule has 0 bridgehead atoms. The molecule has 150 valence electrons. The highest BCUT2D eigenvalue weighted by Gasteiger charge is 2.15. The predicted octanol–water partition coefficient (Wildman–Crippen LogP) is 4.37. The molecule has 8 nitrogen and oxygen atoms in total. The molecule has 0 fully saturated rings. The number of nitrogens with one attached hydrogen (secondary N) is 3. The number of rotatable bonds is 6. The first-order chi connectivity index (χ1) is 14.0. The number of aromatic nitrogens is 1. The van der Waals surface area contributed by atoms with Crippen molar-refractivity contribution in [2.24, 2.45) is 0 Å². The second-order valence-corrected chi connectivity index (χ2v) is 6.86. The number of thiazole rings is 1. The van der Waals surface area contributed by atoms with Gasteiger partial charge in [0.1, 0.15) is 17.2 Å². The Kier molecular flexibility index (Phi) is 6.30. The van der Waals surface area contributed by atoms with Gasteiger partial charge < -0.3 is 20.1 Å².